The first-order chi connectivity index (χ1) is 9.58. The Morgan fingerprint density at radius 3 is 2.90 bits per heavy atom. The molecule has 1 aromatic heterocycles. The van der Waals surface area contributed by atoms with Gasteiger partial charge in [0.15, 0.2) is 6.61 Å². The minimum atomic E-state index is -0.616. The summed E-state index contributed by atoms with van der Waals surface area (Å²) in [6.07, 6.45) is 4.72. The number of hydrogen-bond donors (Lipinski definition) is 1. The fourth-order valence-electron chi connectivity index (χ4n) is 2.63. The first kappa shape index (κ1) is 14.6. The lowest BCUT2D eigenvalue weighted by Gasteiger charge is -2.34. The number of esters is 1. The Bertz CT molecular complexity index is 454. The molecule has 1 N–H and O–H groups in total. The quantitative estimate of drug-likeness (QED) is 0.859. The van der Waals surface area contributed by atoms with Crippen LogP contribution in [-0.2, 0) is 9.53 Å². The van der Waals surface area contributed by atoms with Gasteiger partial charge in [-0.05, 0) is 30.4 Å². The maximum Gasteiger partial charge on any atom is 0.374 e. The van der Waals surface area contributed by atoms with Crippen molar-refractivity contribution in [3.63, 3.8) is 0 Å². The molecule has 2 rings (SSSR count). The summed E-state index contributed by atoms with van der Waals surface area (Å²) < 4.78 is 9.81. The maximum atomic E-state index is 11.8. The minimum absolute atomic E-state index is 0.109. The molecule has 0 unspecified atom stereocenters. The van der Waals surface area contributed by atoms with Crippen molar-refractivity contribution in [2.75, 3.05) is 6.61 Å². The minimum Gasteiger partial charge on any atom is -0.457 e. The second-order valence-corrected chi connectivity index (χ2v) is 5.49. The van der Waals surface area contributed by atoms with Gasteiger partial charge in [-0.25, -0.2) is 4.79 Å². The molecule has 0 aromatic carbocycles. The topological polar surface area (TPSA) is 68.5 Å². The van der Waals surface area contributed by atoms with Crippen LogP contribution in [0.4, 0.5) is 0 Å². The highest BCUT2D eigenvalue weighted by molar-refractivity contribution is 5.88. The van der Waals surface area contributed by atoms with Gasteiger partial charge in [0.05, 0.1) is 6.26 Å². The standard InChI is InChI=1S/C15H21NO4/c1-10-5-3-6-12(11(10)2)16-14(17)9-20-15(18)13-7-4-8-19-13/h4,7-8,10-12H,3,5-6,9H2,1-2H3,(H,16,17)/t10-,11+,12+/m0/s1. The van der Waals surface area contributed by atoms with Gasteiger partial charge in [-0.3, -0.25) is 4.79 Å². The SMILES string of the molecule is C[C@@H]1[C@@H](C)CCC[C@H]1NC(=O)COC(=O)c1ccco1. The van der Waals surface area contributed by atoms with Gasteiger partial charge in [0.25, 0.3) is 5.91 Å². The van der Waals surface area contributed by atoms with Gasteiger partial charge in [0.2, 0.25) is 5.76 Å². The largest absolute Gasteiger partial charge is 0.457 e. The molecule has 1 amide bonds. The maximum absolute atomic E-state index is 11.8. The van der Waals surface area contributed by atoms with Gasteiger partial charge >= 0.3 is 5.97 Å². The zero-order valence-electron chi connectivity index (χ0n) is 11.9. The molecule has 5 heteroatoms. The molecule has 1 aliphatic carbocycles. The summed E-state index contributed by atoms with van der Waals surface area (Å²) in [5.74, 6) is 0.303. The molecule has 110 valence electrons. The van der Waals surface area contributed by atoms with Gasteiger partial charge in [0.1, 0.15) is 0 Å². The zero-order chi connectivity index (χ0) is 14.5. The predicted molar refractivity (Wildman–Crippen MR) is 73.1 cm³/mol. The number of carbonyl (C=O) groups excluding carboxylic acids is 2. The molecule has 1 aliphatic rings. The first-order valence-corrected chi connectivity index (χ1v) is 7.08. The third-order valence-electron chi connectivity index (χ3n) is 4.11. The predicted octanol–water partition coefficient (Wildman–Crippen LogP) is 2.38. The zero-order valence-corrected chi connectivity index (χ0v) is 11.9. The second kappa shape index (κ2) is 6.59. The van der Waals surface area contributed by atoms with Crippen molar-refractivity contribution < 1.29 is 18.7 Å². The van der Waals surface area contributed by atoms with Crippen molar-refractivity contribution in [3.05, 3.63) is 24.2 Å². The molecule has 0 radical (unpaired) electrons. The summed E-state index contributed by atoms with van der Waals surface area (Å²) >= 11 is 0. The highest BCUT2D eigenvalue weighted by atomic mass is 16.5. The Morgan fingerprint density at radius 1 is 1.40 bits per heavy atom. The summed E-state index contributed by atoms with van der Waals surface area (Å²) in [6, 6.07) is 3.28. The average Bonchev–Trinajstić information content (AvgIpc) is 2.95. The molecule has 0 bridgehead atoms. The number of amides is 1. The molecule has 20 heavy (non-hydrogen) atoms. The Labute approximate surface area is 118 Å². The van der Waals surface area contributed by atoms with Crippen LogP contribution >= 0.6 is 0 Å². The van der Waals surface area contributed by atoms with Crippen molar-refractivity contribution in [1.29, 1.82) is 0 Å². The van der Waals surface area contributed by atoms with Crippen LogP contribution in [0.1, 0.15) is 43.7 Å². The molecular weight excluding hydrogens is 258 g/mol. The van der Waals surface area contributed by atoms with Crippen LogP contribution in [0, 0.1) is 11.8 Å². The first-order valence-electron chi connectivity index (χ1n) is 7.08. The van der Waals surface area contributed by atoms with E-state index in [-0.39, 0.29) is 24.3 Å². The van der Waals surface area contributed by atoms with Crippen LogP contribution in [-0.4, -0.2) is 24.5 Å². The van der Waals surface area contributed by atoms with Crippen LogP contribution < -0.4 is 5.32 Å². The third kappa shape index (κ3) is 3.62. The van der Waals surface area contributed by atoms with E-state index in [4.69, 9.17) is 9.15 Å². The Balaban J connectivity index is 1.76. The lowest BCUT2D eigenvalue weighted by Crippen LogP contribution is -2.45. The van der Waals surface area contributed by atoms with Crippen molar-refractivity contribution in [1.82, 2.24) is 5.32 Å². The summed E-state index contributed by atoms with van der Waals surface area (Å²) in [4.78, 5) is 23.3. The molecular formula is C15H21NO4. The van der Waals surface area contributed by atoms with E-state index in [9.17, 15) is 9.59 Å². The van der Waals surface area contributed by atoms with E-state index in [1.165, 1.54) is 18.8 Å². The number of carbonyl (C=O) groups is 2. The molecule has 1 fully saturated rings. The average molecular weight is 279 g/mol. The van der Waals surface area contributed by atoms with Crippen LogP contribution in [0.15, 0.2) is 22.8 Å². The van der Waals surface area contributed by atoms with Crippen molar-refractivity contribution in [2.45, 2.75) is 39.2 Å². The molecule has 3 atom stereocenters. The van der Waals surface area contributed by atoms with E-state index >= 15 is 0 Å². The van der Waals surface area contributed by atoms with E-state index in [1.54, 1.807) is 6.07 Å². The number of furan rings is 1. The van der Waals surface area contributed by atoms with E-state index in [1.807, 2.05) is 0 Å². The van der Waals surface area contributed by atoms with Crippen molar-refractivity contribution in [2.24, 2.45) is 11.8 Å². The van der Waals surface area contributed by atoms with Crippen LogP contribution in [0.2, 0.25) is 0 Å². The summed E-state index contributed by atoms with van der Waals surface area (Å²) in [7, 11) is 0. The fraction of sp³-hybridized carbons (Fsp3) is 0.600. The molecule has 1 saturated carbocycles. The normalized spacial score (nSPS) is 26.0. The van der Waals surface area contributed by atoms with Crippen LogP contribution in [0.5, 0.6) is 0 Å². The van der Waals surface area contributed by atoms with Gasteiger partial charge in [0, 0.05) is 6.04 Å². The fourth-order valence-corrected chi connectivity index (χ4v) is 2.63. The smallest absolute Gasteiger partial charge is 0.374 e. The molecule has 5 nitrogen and oxygen atoms in total. The highest BCUT2D eigenvalue weighted by Crippen LogP contribution is 2.29. The third-order valence-corrected chi connectivity index (χ3v) is 4.11. The molecule has 0 aliphatic heterocycles. The number of ether oxygens (including phenoxy) is 1. The van der Waals surface area contributed by atoms with Gasteiger partial charge in [-0.15, -0.1) is 0 Å². The summed E-state index contributed by atoms with van der Waals surface area (Å²) in [5, 5.41) is 2.95. The van der Waals surface area contributed by atoms with E-state index in [0.29, 0.717) is 11.8 Å². The van der Waals surface area contributed by atoms with E-state index in [0.717, 1.165) is 12.8 Å². The number of hydrogen-bond acceptors (Lipinski definition) is 4. The van der Waals surface area contributed by atoms with Gasteiger partial charge in [-0.1, -0.05) is 26.7 Å². The van der Waals surface area contributed by atoms with E-state index < -0.39 is 5.97 Å². The van der Waals surface area contributed by atoms with E-state index in [2.05, 4.69) is 19.2 Å². The Hall–Kier alpha value is -1.78. The lowest BCUT2D eigenvalue weighted by molar-refractivity contribution is -0.125. The highest BCUT2D eigenvalue weighted by Gasteiger charge is 2.28. The Kier molecular flexibility index (Phi) is 4.82. The van der Waals surface area contributed by atoms with Crippen molar-refractivity contribution >= 4 is 11.9 Å². The number of nitrogens with one attached hydrogen (secondary N) is 1. The summed E-state index contributed by atoms with van der Waals surface area (Å²) in [6.45, 7) is 4.10. The van der Waals surface area contributed by atoms with Crippen molar-refractivity contribution in [3.8, 4) is 0 Å². The number of rotatable bonds is 4. The van der Waals surface area contributed by atoms with Crippen LogP contribution in [0.25, 0.3) is 0 Å². The van der Waals surface area contributed by atoms with Gasteiger partial charge in [-0.2, -0.15) is 0 Å². The molecule has 0 saturated heterocycles. The lowest BCUT2D eigenvalue weighted by atomic mass is 9.78. The van der Waals surface area contributed by atoms with Gasteiger partial charge < -0.3 is 14.5 Å². The Morgan fingerprint density at radius 2 is 2.20 bits per heavy atom. The molecule has 1 aromatic rings. The monoisotopic (exact) mass is 279 g/mol. The second-order valence-electron chi connectivity index (χ2n) is 5.49. The summed E-state index contributed by atoms with van der Waals surface area (Å²) in [5.41, 5.74) is 0. The molecule has 0 spiro atoms. The molecule has 1 heterocycles. The van der Waals surface area contributed by atoms with Crippen LogP contribution in [0.3, 0.4) is 0 Å².